The molecule has 0 heterocycles. The number of thioether (sulfide) groups is 1. The summed E-state index contributed by atoms with van der Waals surface area (Å²) in [5.41, 5.74) is 0. The Balaban J connectivity index is 2.75. The van der Waals surface area contributed by atoms with Crippen molar-refractivity contribution in [2.45, 2.75) is 18.2 Å². The highest BCUT2D eigenvalue weighted by Crippen LogP contribution is 2.36. The molecule has 1 N–H and O–H groups in total. The Morgan fingerprint density at radius 1 is 1.40 bits per heavy atom. The third-order valence-electron chi connectivity index (χ3n) is 1.78. The number of benzene rings is 1. The minimum absolute atomic E-state index is 0.121. The predicted octanol–water partition coefficient (Wildman–Crippen LogP) is 3.77. The second-order valence-electron chi connectivity index (χ2n) is 2.92. The fraction of sp³-hybridized carbons (Fsp3) is 0.300. The van der Waals surface area contributed by atoms with Gasteiger partial charge in [0, 0.05) is 11.3 Å². The molecule has 0 aliphatic rings. The lowest BCUT2D eigenvalue weighted by Gasteiger charge is -2.04. The number of halogens is 2. The van der Waals surface area contributed by atoms with Crippen LogP contribution in [0.5, 0.6) is 5.75 Å². The van der Waals surface area contributed by atoms with Crippen LogP contribution in [0.3, 0.4) is 0 Å². The maximum Gasteiger partial charge on any atom is 0.152 e. The third-order valence-corrected chi connectivity index (χ3v) is 3.40. The number of ketones is 1. The molecule has 0 bridgehead atoms. The second-order valence-corrected chi connectivity index (χ2v) is 4.78. The van der Waals surface area contributed by atoms with Crippen LogP contribution >= 0.6 is 35.0 Å². The number of hydrogen-bond acceptors (Lipinski definition) is 3. The quantitative estimate of drug-likeness (QED) is 0.842. The van der Waals surface area contributed by atoms with E-state index in [1.54, 1.807) is 12.1 Å². The van der Waals surface area contributed by atoms with E-state index >= 15 is 0 Å². The normalized spacial score (nSPS) is 10.3. The number of phenols is 1. The molecule has 0 amide bonds. The van der Waals surface area contributed by atoms with Crippen molar-refractivity contribution in [3.8, 4) is 5.75 Å². The molecule has 0 unspecified atom stereocenters. The summed E-state index contributed by atoms with van der Waals surface area (Å²) < 4.78 is 0. The molecule has 0 spiro atoms. The molecule has 0 fully saturated rings. The predicted molar refractivity (Wildman–Crippen MR) is 64.1 cm³/mol. The molecule has 0 saturated carbocycles. The highest BCUT2D eigenvalue weighted by atomic mass is 35.5. The fourth-order valence-electron chi connectivity index (χ4n) is 0.891. The molecule has 0 radical (unpaired) electrons. The topological polar surface area (TPSA) is 37.3 Å². The van der Waals surface area contributed by atoms with Crippen molar-refractivity contribution in [3.05, 3.63) is 22.2 Å². The average molecular weight is 265 g/mol. The van der Waals surface area contributed by atoms with Crippen LogP contribution in [0.15, 0.2) is 17.0 Å². The SMILES string of the molecule is CCC(=O)CSc1cc(Cl)c(O)c(Cl)c1. The van der Waals surface area contributed by atoms with Gasteiger partial charge in [0.1, 0.15) is 5.78 Å². The molecule has 2 nitrogen and oxygen atoms in total. The molecule has 82 valence electrons. The largest absolute Gasteiger partial charge is 0.505 e. The minimum Gasteiger partial charge on any atom is -0.505 e. The van der Waals surface area contributed by atoms with Crippen molar-refractivity contribution in [2.24, 2.45) is 0 Å². The van der Waals surface area contributed by atoms with E-state index in [0.717, 1.165) is 4.90 Å². The monoisotopic (exact) mass is 264 g/mol. The lowest BCUT2D eigenvalue weighted by Crippen LogP contribution is -1.97. The first kappa shape index (κ1) is 12.7. The van der Waals surface area contributed by atoms with Gasteiger partial charge in [0.15, 0.2) is 5.75 Å². The van der Waals surface area contributed by atoms with Gasteiger partial charge in [0.25, 0.3) is 0 Å². The lowest BCUT2D eigenvalue weighted by atomic mass is 10.3. The van der Waals surface area contributed by atoms with E-state index in [2.05, 4.69) is 0 Å². The van der Waals surface area contributed by atoms with Gasteiger partial charge < -0.3 is 5.11 Å². The Hall–Kier alpha value is -0.380. The van der Waals surface area contributed by atoms with Gasteiger partial charge in [-0.1, -0.05) is 30.1 Å². The van der Waals surface area contributed by atoms with Crippen molar-refractivity contribution in [1.29, 1.82) is 0 Å². The second kappa shape index (κ2) is 5.64. The molecule has 0 aliphatic heterocycles. The van der Waals surface area contributed by atoms with Gasteiger partial charge in [-0.05, 0) is 12.1 Å². The van der Waals surface area contributed by atoms with Gasteiger partial charge in [-0.3, -0.25) is 4.79 Å². The zero-order valence-corrected chi connectivity index (χ0v) is 10.4. The van der Waals surface area contributed by atoms with Crippen LogP contribution in [0.4, 0.5) is 0 Å². The van der Waals surface area contributed by atoms with Crippen molar-refractivity contribution < 1.29 is 9.90 Å². The maximum atomic E-state index is 11.1. The van der Waals surface area contributed by atoms with Gasteiger partial charge >= 0.3 is 0 Å². The van der Waals surface area contributed by atoms with E-state index < -0.39 is 0 Å². The molecule has 0 atom stereocenters. The number of carbonyl (C=O) groups excluding carboxylic acids is 1. The van der Waals surface area contributed by atoms with Crippen LogP contribution in [0, 0.1) is 0 Å². The van der Waals surface area contributed by atoms with Crippen LogP contribution in [0.25, 0.3) is 0 Å². The molecule has 0 aliphatic carbocycles. The summed E-state index contributed by atoms with van der Waals surface area (Å²) in [7, 11) is 0. The van der Waals surface area contributed by atoms with Crippen molar-refractivity contribution in [1.82, 2.24) is 0 Å². The Labute approximate surface area is 103 Å². The summed E-state index contributed by atoms with van der Waals surface area (Å²) in [5, 5.41) is 9.72. The zero-order chi connectivity index (χ0) is 11.4. The van der Waals surface area contributed by atoms with E-state index in [0.29, 0.717) is 12.2 Å². The van der Waals surface area contributed by atoms with Crippen LogP contribution in [-0.2, 0) is 4.79 Å². The van der Waals surface area contributed by atoms with Crippen LogP contribution in [0.2, 0.25) is 10.0 Å². The summed E-state index contributed by atoms with van der Waals surface area (Å²) in [5.74, 6) is 0.443. The summed E-state index contributed by atoms with van der Waals surface area (Å²) in [6, 6.07) is 3.19. The third kappa shape index (κ3) is 3.59. The number of aromatic hydroxyl groups is 1. The molecule has 0 aromatic heterocycles. The number of Topliss-reactive ketones (excluding diaryl/α,β-unsaturated/α-hetero) is 1. The summed E-state index contributed by atoms with van der Waals surface area (Å²) in [6.07, 6.45) is 0.520. The van der Waals surface area contributed by atoms with Crippen molar-refractivity contribution >= 4 is 40.7 Å². The van der Waals surface area contributed by atoms with Crippen LogP contribution < -0.4 is 0 Å². The zero-order valence-electron chi connectivity index (χ0n) is 8.09. The maximum absolute atomic E-state index is 11.1. The van der Waals surface area contributed by atoms with Crippen molar-refractivity contribution in [2.75, 3.05) is 5.75 Å². The first-order chi connectivity index (χ1) is 7.04. The first-order valence-corrected chi connectivity index (χ1v) is 6.11. The Morgan fingerprint density at radius 3 is 2.40 bits per heavy atom. The summed E-state index contributed by atoms with van der Waals surface area (Å²) in [4.78, 5) is 11.9. The molecule has 5 heteroatoms. The van der Waals surface area contributed by atoms with E-state index in [1.165, 1.54) is 11.8 Å². The van der Waals surface area contributed by atoms with Gasteiger partial charge in [-0.15, -0.1) is 11.8 Å². The summed E-state index contributed by atoms with van der Waals surface area (Å²) >= 11 is 12.8. The van der Waals surface area contributed by atoms with Gasteiger partial charge in [0.05, 0.1) is 15.8 Å². The highest BCUT2D eigenvalue weighted by molar-refractivity contribution is 8.00. The Kier molecular flexibility index (Phi) is 4.77. The summed E-state index contributed by atoms with van der Waals surface area (Å²) in [6.45, 7) is 1.82. The standard InChI is InChI=1S/C10H10Cl2O2S/c1-2-6(13)5-15-7-3-8(11)10(14)9(12)4-7/h3-4,14H,2,5H2,1H3. The number of hydrogen-bond donors (Lipinski definition) is 1. The molecular formula is C10H10Cl2O2S. The minimum atomic E-state index is -0.121. The Morgan fingerprint density at radius 2 is 1.93 bits per heavy atom. The first-order valence-electron chi connectivity index (χ1n) is 4.37. The van der Waals surface area contributed by atoms with E-state index in [1.807, 2.05) is 6.92 Å². The number of rotatable bonds is 4. The van der Waals surface area contributed by atoms with Gasteiger partial charge in [0.2, 0.25) is 0 Å². The van der Waals surface area contributed by atoms with E-state index in [-0.39, 0.29) is 21.6 Å². The van der Waals surface area contributed by atoms with Crippen LogP contribution in [0.1, 0.15) is 13.3 Å². The molecule has 1 aromatic carbocycles. The fourth-order valence-corrected chi connectivity index (χ4v) is 2.44. The van der Waals surface area contributed by atoms with E-state index in [4.69, 9.17) is 23.2 Å². The van der Waals surface area contributed by atoms with Crippen molar-refractivity contribution in [3.63, 3.8) is 0 Å². The Bertz CT molecular complexity index is 357. The lowest BCUT2D eigenvalue weighted by molar-refractivity contribution is -0.116. The molecule has 1 rings (SSSR count). The van der Waals surface area contributed by atoms with Gasteiger partial charge in [-0.2, -0.15) is 0 Å². The van der Waals surface area contributed by atoms with Crippen LogP contribution in [-0.4, -0.2) is 16.6 Å². The average Bonchev–Trinajstić information content (AvgIpc) is 2.22. The van der Waals surface area contributed by atoms with Gasteiger partial charge in [-0.25, -0.2) is 0 Å². The number of phenolic OH excluding ortho intramolecular Hbond substituents is 1. The molecule has 0 saturated heterocycles. The molecule has 15 heavy (non-hydrogen) atoms. The smallest absolute Gasteiger partial charge is 0.152 e. The highest BCUT2D eigenvalue weighted by Gasteiger charge is 2.08. The number of carbonyl (C=O) groups is 1. The van der Waals surface area contributed by atoms with E-state index in [9.17, 15) is 9.90 Å². The molecule has 1 aromatic rings. The molecular weight excluding hydrogens is 255 g/mol.